The fourth-order valence-electron chi connectivity index (χ4n) is 4.43. The molecule has 3 aromatic carbocycles. The molecule has 2 atom stereocenters. The van der Waals surface area contributed by atoms with Crippen LogP contribution in [-0.2, 0) is 32.6 Å². The van der Waals surface area contributed by atoms with Gasteiger partial charge >= 0.3 is 0 Å². The normalized spacial score (nSPS) is 12.6. The van der Waals surface area contributed by atoms with E-state index in [0.29, 0.717) is 27.8 Å². The lowest BCUT2D eigenvalue weighted by Gasteiger charge is -2.34. The molecule has 3 aromatic rings. The summed E-state index contributed by atoms with van der Waals surface area (Å²) in [6.45, 7) is 3.05. The fraction of sp³-hybridized carbons (Fsp3) is 0.355. The zero-order chi connectivity index (χ0) is 31.7. The number of hydrogen-bond acceptors (Lipinski definition) is 6. The van der Waals surface area contributed by atoms with Gasteiger partial charge in [0.25, 0.3) is 0 Å². The molecule has 0 spiro atoms. The third-order valence-electron chi connectivity index (χ3n) is 7.00. The number of halogens is 2. The van der Waals surface area contributed by atoms with Gasteiger partial charge in [-0.3, -0.25) is 13.9 Å². The largest absolute Gasteiger partial charge is 0.497 e. The first-order valence-corrected chi connectivity index (χ1v) is 16.3. The van der Waals surface area contributed by atoms with Crippen molar-refractivity contribution in [1.29, 1.82) is 0 Å². The number of sulfonamides is 1. The summed E-state index contributed by atoms with van der Waals surface area (Å²) in [6.07, 6.45) is 1.84. The van der Waals surface area contributed by atoms with Gasteiger partial charge in [0.2, 0.25) is 21.8 Å². The summed E-state index contributed by atoms with van der Waals surface area (Å²) in [5, 5.41) is 3.60. The lowest BCUT2D eigenvalue weighted by Crippen LogP contribution is -2.54. The summed E-state index contributed by atoms with van der Waals surface area (Å²) < 4.78 is 37.8. The molecule has 9 nitrogen and oxygen atoms in total. The van der Waals surface area contributed by atoms with Crippen LogP contribution in [0.4, 0.5) is 5.69 Å². The second-order valence-corrected chi connectivity index (χ2v) is 12.8. The Kier molecular flexibility index (Phi) is 12.1. The number of benzene rings is 3. The van der Waals surface area contributed by atoms with Crippen LogP contribution in [0.5, 0.6) is 11.5 Å². The molecule has 0 fully saturated rings. The van der Waals surface area contributed by atoms with Gasteiger partial charge in [-0.05, 0) is 43.2 Å². The number of rotatable bonds is 14. The highest BCUT2D eigenvalue weighted by atomic mass is 35.5. The number of carbonyl (C=O) groups excluding carboxylic acids is 2. The Labute approximate surface area is 263 Å². The smallest absolute Gasteiger partial charge is 0.244 e. The first-order chi connectivity index (χ1) is 20.4. The van der Waals surface area contributed by atoms with E-state index >= 15 is 0 Å². The number of ether oxygens (including phenoxy) is 2. The van der Waals surface area contributed by atoms with Gasteiger partial charge in [-0.1, -0.05) is 66.5 Å². The summed E-state index contributed by atoms with van der Waals surface area (Å²) >= 11 is 13.0. The summed E-state index contributed by atoms with van der Waals surface area (Å²) in [4.78, 5) is 29.5. The van der Waals surface area contributed by atoms with Gasteiger partial charge in [-0.2, -0.15) is 0 Å². The Bertz CT molecular complexity index is 1500. The fourth-order valence-corrected chi connectivity index (χ4v) is 5.80. The van der Waals surface area contributed by atoms with E-state index in [2.05, 4.69) is 5.32 Å². The highest BCUT2D eigenvalue weighted by molar-refractivity contribution is 7.92. The number of nitrogens with zero attached hydrogens (tertiary/aromatic N) is 2. The van der Waals surface area contributed by atoms with Crippen molar-refractivity contribution >= 4 is 50.7 Å². The topological polar surface area (TPSA) is 105 Å². The molecular weight excluding hydrogens is 613 g/mol. The summed E-state index contributed by atoms with van der Waals surface area (Å²) in [7, 11) is -1.14. The molecule has 0 saturated carbocycles. The molecule has 0 aromatic heterocycles. The van der Waals surface area contributed by atoms with Crippen LogP contribution >= 0.6 is 23.2 Å². The zero-order valence-corrected chi connectivity index (χ0v) is 27.2. The van der Waals surface area contributed by atoms with Gasteiger partial charge in [-0.15, -0.1) is 0 Å². The molecule has 0 bridgehead atoms. The van der Waals surface area contributed by atoms with Crippen molar-refractivity contribution in [3.63, 3.8) is 0 Å². The second-order valence-electron chi connectivity index (χ2n) is 10.1. The minimum atomic E-state index is -4.00. The van der Waals surface area contributed by atoms with Crippen LogP contribution < -0.4 is 19.1 Å². The lowest BCUT2D eigenvalue weighted by molar-refractivity contribution is -0.140. The van der Waals surface area contributed by atoms with Gasteiger partial charge < -0.3 is 19.7 Å². The molecule has 0 radical (unpaired) electrons. The summed E-state index contributed by atoms with van der Waals surface area (Å²) in [5.41, 5.74) is 1.38. The lowest BCUT2D eigenvalue weighted by atomic mass is 10.0. The van der Waals surface area contributed by atoms with Crippen molar-refractivity contribution in [2.24, 2.45) is 0 Å². The van der Waals surface area contributed by atoms with Crippen molar-refractivity contribution in [3.8, 4) is 11.5 Å². The van der Waals surface area contributed by atoms with E-state index in [1.54, 1.807) is 24.3 Å². The first-order valence-electron chi connectivity index (χ1n) is 13.7. The van der Waals surface area contributed by atoms with Crippen molar-refractivity contribution in [3.05, 3.63) is 87.9 Å². The van der Waals surface area contributed by atoms with E-state index in [0.717, 1.165) is 16.1 Å². The summed E-state index contributed by atoms with van der Waals surface area (Å²) in [5.74, 6) is -0.393. The molecule has 0 aliphatic rings. The molecule has 0 saturated heterocycles. The van der Waals surface area contributed by atoms with E-state index in [4.69, 9.17) is 32.7 Å². The molecule has 1 N–H and O–H groups in total. The number of nitrogens with one attached hydrogen (secondary N) is 1. The third kappa shape index (κ3) is 9.01. The summed E-state index contributed by atoms with van der Waals surface area (Å²) in [6, 6.07) is 17.6. The predicted molar refractivity (Wildman–Crippen MR) is 171 cm³/mol. The van der Waals surface area contributed by atoms with E-state index in [1.807, 2.05) is 44.2 Å². The van der Waals surface area contributed by atoms with Crippen LogP contribution in [0.1, 0.15) is 31.4 Å². The van der Waals surface area contributed by atoms with Gasteiger partial charge in [0.05, 0.1) is 26.2 Å². The van der Waals surface area contributed by atoms with E-state index in [-0.39, 0.29) is 36.4 Å². The quantitative estimate of drug-likeness (QED) is 0.253. The number of methoxy groups -OCH3 is 2. The molecule has 2 amide bonds. The Morgan fingerprint density at radius 3 is 2.16 bits per heavy atom. The van der Waals surface area contributed by atoms with Crippen LogP contribution in [0.2, 0.25) is 10.0 Å². The number of carbonyl (C=O) groups is 2. The van der Waals surface area contributed by atoms with Gasteiger partial charge in [0.1, 0.15) is 24.1 Å². The van der Waals surface area contributed by atoms with Crippen LogP contribution in [0.3, 0.4) is 0 Å². The van der Waals surface area contributed by atoms with Crippen LogP contribution in [0.15, 0.2) is 66.7 Å². The average Bonchev–Trinajstić information content (AvgIpc) is 2.98. The molecular formula is C31H37Cl2N3O6S. The maximum atomic E-state index is 14.3. The van der Waals surface area contributed by atoms with Gasteiger partial charge in [0.15, 0.2) is 0 Å². The molecule has 0 heterocycles. The molecule has 2 unspecified atom stereocenters. The molecule has 232 valence electrons. The zero-order valence-electron chi connectivity index (χ0n) is 24.8. The minimum Gasteiger partial charge on any atom is -0.497 e. The predicted octanol–water partition coefficient (Wildman–Crippen LogP) is 5.33. The Morgan fingerprint density at radius 1 is 0.953 bits per heavy atom. The van der Waals surface area contributed by atoms with Gasteiger partial charge in [0, 0.05) is 40.7 Å². The average molecular weight is 651 g/mol. The van der Waals surface area contributed by atoms with Gasteiger partial charge in [-0.25, -0.2) is 8.42 Å². The third-order valence-corrected chi connectivity index (χ3v) is 8.83. The highest BCUT2D eigenvalue weighted by Gasteiger charge is 2.34. The molecule has 43 heavy (non-hydrogen) atoms. The van der Waals surface area contributed by atoms with Crippen molar-refractivity contribution < 1.29 is 27.5 Å². The maximum Gasteiger partial charge on any atom is 0.244 e. The Balaban J connectivity index is 2.14. The van der Waals surface area contributed by atoms with E-state index in [9.17, 15) is 18.0 Å². The molecule has 0 aliphatic heterocycles. The standard InChI is InChI=1S/C31H37Cl2N3O6S/c1-6-21(2)34-31(38)28(17-22-11-8-7-9-12-22)35(19-24-25(32)13-10-14-26(24)33)30(37)20-36(43(5,39)40)27-16-15-23(41-3)18-29(27)42-4/h7-16,18,21,28H,6,17,19-20H2,1-5H3,(H,34,38). The monoisotopic (exact) mass is 649 g/mol. The first kappa shape index (κ1) is 34.0. The maximum absolute atomic E-state index is 14.3. The van der Waals surface area contributed by atoms with E-state index in [1.165, 1.54) is 31.3 Å². The minimum absolute atomic E-state index is 0.138. The molecule has 0 aliphatic carbocycles. The number of amides is 2. The van der Waals surface area contributed by atoms with Crippen LogP contribution in [-0.4, -0.2) is 64.2 Å². The van der Waals surface area contributed by atoms with Crippen LogP contribution in [0.25, 0.3) is 0 Å². The van der Waals surface area contributed by atoms with Crippen molar-refractivity contribution in [2.45, 2.75) is 45.3 Å². The van der Waals surface area contributed by atoms with E-state index < -0.39 is 28.5 Å². The SMILES string of the molecule is CCC(C)NC(=O)C(Cc1ccccc1)N(Cc1c(Cl)cccc1Cl)C(=O)CN(c1ccc(OC)cc1OC)S(C)(=O)=O. The molecule has 12 heteroatoms. The highest BCUT2D eigenvalue weighted by Crippen LogP contribution is 2.34. The molecule has 3 rings (SSSR count). The number of anilines is 1. The second kappa shape index (κ2) is 15.3. The van der Waals surface area contributed by atoms with Crippen molar-refractivity contribution in [2.75, 3.05) is 31.3 Å². The Morgan fingerprint density at radius 2 is 1.60 bits per heavy atom. The van der Waals surface area contributed by atoms with Crippen molar-refractivity contribution in [1.82, 2.24) is 10.2 Å². The van der Waals surface area contributed by atoms with Crippen LogP contribution in [0, 0.1) is 0 Å². The number of hydrogen-bond donors (Lipinski definition) is 1. The Hall–Kier alpha value is -3.47.